The van der Waals surface area contributed by atoms with Crippen molar-refractivity contribution in [3.63, 3.8) is 0 Å². The van der Waals surface area contributed by atoms with Crippen LogP contribution < -0.4 is 0 Å². The van der Waals surface area contributed by atoms with Crippen LogP contribution >= 0.6 is 0 Å². The van der Waals surface area contributed by atoms with Gasteiger partial charge in [-0.1, -0.05) is 72.9 Å². The molecule has 0 bridgehead atoms. The zero-order valence-corrected chi connectivity index (χ0v) is 13.6. The maximum atomic E-state index is 11.0. The molecule has 0 saturated heterocycles. The Morgan fingerprint density at radius 3 is 1.75 bits per heavy atom. The highest BCUT2D eigenvalue weighted by molar-refractivity contribution is 5.51. The first kappa shape index (κ1) is 16.9. The lowest BCUT2D eigenvalue weighted by Crippen LogP contribution is -2.56. The maximum Gasteiger partial charge on any atom is 0.140 e. The van der Waals surface area contributed by atoms with E-state index >= 15 is 0 Å². The fourth-order valence-electron chi connectivity index (χ4n) is 2.58. The van der Waals surface area contributed by atoms with Gasteiger partial charge in [-0.3, -0.25) is 0 Å². The van der Waals surface area contributed by atoms with Gasteiger partial charge in [0.05, 0.1) is 0 Å². The van der Waals surface area contributed by atoms with Gasteiger partial charge in [0.2, 0.25) is 0 Å². The lowest BCUT2D eigenvalue weighted by molar-refractivity contribution is -0.0493. The normalized spacial score (nSPS) is 31.4. The molecule has 2 heteroatoms. The molecule has 0 heterocycles. The Bertz CT molecular complexity index is 483. The van der Waals surface area contributed by atoms with Crippen LogP contribution in [0.5, 0.6) is 0 Å². The summed E-state index contributed by atoms with van der Waals surface area (Å²) in [4.78, 5) is 0. The van der Waals surface area contributed by atoms with Gasteiger partial charge in [-0.15, -0.1) is 0 Å². The van der Waals surface area contributed by atoms with E-state index in [0.29, 0.717) is 0 Å². The second-order valence-electron chi connectivity index (χ2n) is 7.66. The molecule has 0 saturated carbocycles. The highest BCUT2D eigenvalue weighted by Crippen LogP contribution is 2.48. The monoisotopic (exact) mass is 276 g/mol. The second-order valence-corrected chi connectivity index (χ2v) is 7.66. The van der Waals surface area contributed by atoms with Crippen molar-refractivity contribution < 1.29 is 10.2 Å². The molecule has 0 radical (unpaired) electrons. The molecule has 2 atom stereocenters. The minimum absolute atomic E-state index is 0.129. The second kappa shape index (κ2) is 4.71. The quantitative estimate of drug-likeness (QED) is 0.754. The van der Waals surface area contributed by atoms with E-state index < -0.39 is 11.2 Å². The lowest BCUT2D eigenvalue weighted by Gasteiger charge is -2.48. The Kier molecular flexibility index (Phi) is 3.99. The molecule has 1 aliphatic carbocycles. The first-order chi connectivity index (χ1) is 8.82. The van der Waals surface area contributed by atoms with Crippen LogP contribution in [-0.4, -0.2) is 21.4 Å². The summed E-state index contributed by atoms with van der Waals surface area (Å²) < 4.78 is 0. The Labute approximate surface area is 123 Å². The Morgan fingerprint density at radius 2 is 1.45 bits per heavy atom. The van der Waals surface area contributed by atoms with Crippen molar-refractivity contribution in [2.45, 2.75) is 52.7 Å². The lowest BCUT2D eigenvalue weighted by atomic mass is 9.62. The standard InChI is InChI=1S/C18H28O2/c1-9-17(19)12-13(15(3,4)5)11-14(16(6,7)8)18(17,20)10-2/h9-12,19-20H,1-2H2,3-8H3/t17-,18-/m0/s1. The topological polar surface area (TPSA) is 40.5 Å². The maximum absolute atomic E-state index is 11.0. The van der Waals surface area contributed by atoms with Crippen LogP contribution in [0.1, 0.15) is 41.5 Å². The molecule has 1 rings (SSSR count). The summed E-state index contributed by atoms with van der Waals surface area (Å²) in [5.74, 6) is 0. The van der Waals surface area contributed by atoms with Gasteiger partial charge in [-0.25, -0.2) is 0 Å². The minimum Gasteiger partial charge on any atom is -0.378 e. The van der Waals surface area contributed by atoms with E-state index in [1.165, 1.54) is 12.2 Å². The van der Waals surface area contributed by atoms with Crippen LogP contribution in [0.2, 0.25) is 0 Å². The van der Waals surface area contributed by atoms with Crippen LogP contribution in [0.4, 0.5) is 0 Å². The summed E-state index contributed by atoms with van der Waals surface area (Å²) in [5, 5.41) is 21.9. The van der Waals surface area contributed by atoms with E-state index in [1.54, 1.807) is 6.08 Å². The van der Waals surface area contributed by atoms with Gasteiger partial charge in [-0.05, 0) is 28.1 Å². The highest BCUT2D eigenvalue weighted by atomic mass is 16.4. The van der Waals surface area contributed by atoms with Crippen LogP contribution in [0.25, 0.3) is 0 Å². The first-order valence-corrected chi connectivity index (χ1v) is 7.00. The van der Waals surface area contributed by atoms with Gasteiger partial charge in [0.15, 0.2) is 0 Å². The molecule has 0 aliphatic heterocycles. The third-order valence-corrected chi connectivity index (χ3v) is 3.98. The van der Waals surface area contributed by atoms with E-state index in [2.05, 4.69) is 33.9 Å². The fraction of sp³-hybridized carbons (Fsp3) is 0.556. The van der Waals surface area contributed by atoms with E-state index in [4.69, 9.17) is 0 Å². The van der Waals surface area contributed by atoms with E-state index in [-0.39, 0.29) is 10.8 Å². The number of hydrogen-bond donors (Lipinski definition) is 2. The Hall–Kier alpha value is -1.12. The van der Waals surface area contributed by atoms with Crippen LogP contribution in [-0.2, 0) is 0 Å². The van der Waals surface area contributed by atoms with Crippen molar-refractivity contribution in [2.24, 2.45) is 10.8 Å². The first-order valence-electron chi connectivity index (χ1n) is 7.00. The van der Waals surface area contributed by atoms with Crippen LogP contribution in [0.15, 0.2) is 48.6 Å². The van der Waals surface area contributed by atoms with Gasteiger partial charge < -0.3 is 10.2 Å². The third kappa shape index (κ3) is 2.55. The number of hydrogen-bond acceptors (Lipinski definition) is 2. The minimum atomic E-state index is -1.55. The fourth-order valence-corrected chi connectivity index (χ4v) is 2.58. The number of rotatable bonds is 2. The van der Waals surface area contributed by atoms with Crippen molar-refractivity contribution >= 4 is 0 Å². The average molecular weight is 276 g/mol. The molecular weight excluding hydrogens is 248 g/mol. The number of allylic oxidation sites excluding steroid dienone is 2. The summed E-state index contributed by atoms with van der Waals surface area (Å²) in [5.41, 5.74) is -1.79. The Balaban J connectivity index is 3.68. The average Bonchev–Trinajstić information content (AvgIpc) is 2.29. The van der Waals surface area contributed by atoms with Crippen molar-refractivity contribution in [2.75, 3.05) is 0 Å². The molecule has 0 aromatic carbocycles. The molecule has 0 aromatic rings. The molecule has 2 N–H and O–H groups in total. The van der Waals surface area contributed by atoms with Gasteiger partial charge in [0.25, 0.3) is 0 Å². The molecule has 0 amide bonds. The van der Waals surface area contributed by atoms with Gasteiger partial charge >= 0.3 is 0 Å². The van der Waals surface area contributed by atoms with E-state index in [1.807, 2.05) is 26.8 Å². The smallest absolute Gasteiger partial charge is 0.140 e. The van der Waals surface area contributed by atoms with Crippen molar-refractivity contribution in [3.8, 4) is 0 Å². The third-order valence-electron chi connectivity index (χ3n) is 3.98. The van der Waals surface area contributed by atoms with Gasteiger partial charge in [0.1, 0.15) is 11.2 Å². The zero-order valence-electron chi connectivity index (χ0n) is 13.6. The summed E-state index contributed by atoms with van der Waals surface area (Å²) in [6.07, 6.45) is 6.47. The predicted octanol–water partition coefficient (Wildman–Crippen LogP) is 3.78. The van der Waals surface area contributed by atoms with E-state index in [0.717, 1.165) is 11.1 Å². The Morgan fingerprint density at radius 1 is 0.950 bits per heavy atom. The van der Waals surface area contributed by atoms with Crippen molar-refractivity contribution in [3.05, 3.63) is 48.6 Å². The SMILES string of the molecule is C=C[C@]1(O)C=C(C(C)(C)C)C=C(C(C)(C)C)[C@@]1(O)C=C. The molecule has 0 unspecified atom stereocenters. The van der Waals surface area contributed by atoms with E-state index in [9.17, 15) is 10.2 Å². The molecular formula is C18H28O2. The molecule has 1 aliphatic rings. The summed E-state index contributed by atoms with van der Waals surface area (Å²) in [6, 6.07) is 0. The zero-order chi connectivity index (χ0) is 16.0. The number of aliphatic hydroxyl groups is 2. The highest BCUT2D eigenvalue weighted by Gasteiger charge is 2.52. The van der Waals surface area contributed by atoms with Gasteiger partial charge in [-0.2, -0.15) is 0 Å². The van der Waals surface area contributed by atoms with Crippen LogP contribution in [0, 0.1) is 10.8 Å². The molecule has 0 fully saturated rings. The van der Waals surface area contributed by atoms with Crippen molar-refractivity contribution in [1.82, 2.24) is 0 Å². The molecule has 20 heavy (non-hydrogen) atoms. The van der Waals surface area contributed by atoms with Crippen molar-refractivity contribution in [1.29, 1.82) is 0 Å². The molecule has 2 nitrogen and oxygen atoms in total. The summed E-state index contributed by atoms with van der Waals surface area (Å²) in [6.45, 7) is 19.7. The molecule has 0 spiro atoms. The summed E-state index contributed by atoms with van der Waals surface area (Å²) >= 11 is 0. The molecule has 112 valence electrons. The summed E-state index contributed by atoms with van der Waals surface area (Å²) in [7, 11) is 0. The van der Waals surface area contributed by atoms with Crippen LogP contribution in [0.3, 0.4) is 0 Å². The van der Waals surface area contributed by atoms with Gasteiger partial charge in [0, 0.05) is 0 Å². The predicted molar refractivity (Wildman–Crippen MR) is 85.4 cm³/mol. The largest absolute Gasteiger partial charge is 0.378 e. The molecule has 0 aromatic heterocycles.